The normalized spacial score (nSPS) is 10.1. The van der Waals surface area contributed by atoms with Crippen molar-refractivity contribution < 1.29 is 18.7 Å². The summed E-state index contributed by atoms with van der Waals surface area (Å²) in [4.78, 5) is 24.7. The van der Waals surface area contributed by atoms with Crippen molar-refractivity contribution >= 4 is 27.8 Å². The van der Waals surface area contributed by atoms with Gasteiger partial charge in [-0.1, -0.05) is 15.9 Å². The van der Waals surface area contributed by atoms with Crippen LogP contribution in [0.2, 0.25) is 0 Å². The Morgan fingerprint density at radius 2 is 2.05 bits per heavy atom. The SMILES string of the molecule is CCOC(=O)CN(CC)C(=O)c1ccc(Br)cc1F. The van der Waals surface area contributed by atoms with E-state index in [9.17, 15) is 14.0 Å². The number of benzene rings is 1. The van der Waals surface area contributed by atoms with Gasteiger partial charge < -0.3 is 9.64 Å². The Morgan fingerprint density at radius 3 is 2.58 bits per heavy atom. The fraction of sp³-hybridized carbons (Fsp3) is 0.385. The molecule has 0 aliphatic carbocycles. The highest BCUT2D eigenvalue weighted by atomic mass is 79.9. The number of halogens is 2. The molecule has 0 bridgehead atoms. The summed E-state index contributed by atoms with van der Waals surface area (Å²) >= 11 is 3.12. The molecular formula is C13H15BrFNO3. The van der Waals surface area contributed by atoms with Crippen LogP contribution in [0.15, 0.2) is 22.7 Å². The summed E-state index contributed by atoms with van der Waals surface area (Å²) < 4.78 is 19.0. The van der Waals surface area contributed by atoms with E-state index in [4.69, 9.17) is 4.74 Å². The number of likely N-dealkylation sites (N-methyl/N-ethyl adjacent to an activating group) is 1. The number of carbonyl (C=O) groups excluding carboxylic acids is 2. The van der Waals surface area contributed by atoms with Crippen LogP contribution in [0, 0.1) is 5.82 Å². The first kappa shape index (κ1) is 15.6. The quantitative estimate of drug-likeness (QED) is 0.779. The minimum atomic E-state index is -0.623. The smallest absolute Gasteiger partial charge is 0.325 e. The average molecular weight is 332 g/mol. The van der Waals surface area contributed by atoms with Crippen molar-refractivity contribution in [1.82, 2.24) is 4.90 Å². The Balaban J connectivity index is 2.86. The van der Waals surface area contributed by atoms with Crippen LogP contribution in [0.5, 0.6) is 0 Å². The molecule has 19 heavy (non-hydrogen) atoms. The molecule has 0 heterocycles. The van der Waals surface area contributed by atoms with Crippen molar-refractivity contribution in [3.05, 3.63) is 34.1 Å². The number of amides is 1. The maximum absolute atomic E-state index is 13.7. The van der Waals surface area contributed by atoms with Gasteiger partial charge in [0.15, 0.2) is 0 Å². The van der Waals surface area contributed by atoms with Gasteiger partial charge >= 0.3 is 5.97 Å². The Kier molecular flexibility index (Phi) is 5.95. The van der Waals surface area contributed by atoms with Crippen LogP contribution in [0.4, 0.5) is 4.39 Å². The first-order valence-corrected chi connectivity index (χ1v) is 6.68. The summed E-state index contributed by atoms with van der Waals surface area (Å²) in [5, 5.41) is 0. The first-order valence-electron chi connectivity index (χ1n) is 5.89. The Labute approximate surface area is 119 Å². The van der Waals surface area contributed by atoms with Crippen molar-refractivity contribution in [2.24, 2.45) is 0 Å². The van der Waals surface area contributed by atoms with E-state index in [1.807, 2.05) is 0 Å². The second-order valence-corrected chi connectivity index (χ2v) is 4.66. The topological polar surface area (TPSA) is 46.6 Å². The highest BCUT2D eigenvalue weighted by molar-refractivity contribution is 9.10. The largest absolute Gasteiger partial charge is 0.465 e. The molecule has 0 radical (unpaired) electrons. The molecule has 0 N–H and O–H groups in total. The molecule has 1 aromatic carbocycles. The molecule has 1 rings (SSSR count). The molecule has 0 unspecified atom stereocenters. The van der Waals surface area contributed by atoms with Gasteiger partial charge in [-0.3, -0.25) is 9.59 Å². The summed E-state index contributed by atoms with van der Waals surface area (Å²) in [5.74, 6) is -1.66. The van der Waals surface area contributed by atoms with E-state index in [1.165, 1.54) is 17.0 Å². The third-order valence-electron chi connectivity index (χ3n) is 2.46. The van der Waals surface area contributed by atoms with Gasteiger partial charge in [0.2, 0.25) is 0 Å². The zero-order chi connectivity index (χ0) is 14.4. The summed E-state index contributed by atoms with van der Waals surface area (Å²) in [7, 11) is 0. The van der Waals surface area contributed by atoms with E-state index in [0.29, 0.717) is 11.0 Å². The Morgan fingerprint density at radius 1 is 1.37 bits per heavy atom. The number of rotatable bonds is 5. The molecule has 0 aliphatic rings. The molecule has 0 fully saturated rings. The fourth-order valence-corrected chi connectivity index (χ4v) is 1.86. The Bertz CT molecular complexity index is 479. The number of nitrogens with zero attached hydrogens (tertiary/aromatic N) is 1. The lowest BCUT2D eigenvalue weighted by Gasteiger charge is -2.20. The molecule has 104 valence electrons. The van der Waals surface area contributed by atoms with Crippen LogP contribution in [-0.2, 0) is 9.53 Å². The van der Waals surface area contributed by atoms with Gasteiger partial charge in [0.05, 0.1) is 12.2 Å². The molecule has 1 amide bonds. The van der Waals surface area contributed by atoms with Crippen LogP contribution in [0.1, 0.15) is 24.2 Å². The second-order valence-electron chi connectivity index (χ2n) is 3.75. The maximum atomic E-state index is 13.7. The van der Waals surface area contributed by atoms with Crippen LogP contribution >= 0.6 is 15.9 Å². The van der Waals surface area contributed by atoms with E-state index >= 15 is 0 Å². The number of hydrogen-bond donors (Lipinski definition) is 0. The maximum Gasteiger partial charge on any atom is 0.325 e. The molecular weight excluding hydrogens is 317 g/mol. The highest BCUT2D eigenvalue weighted by Gasteiger charge is 2.20. The van der Waals surface area contributed by atoms with Gasteiger partial charge in [-0.15, -0.1) is 0 Å². The number of hydrogen-bond acceptors (Lipinski definition) is 3. The van der Waals surface area contributed by atoms with Gasteiger partial charge in [0.25, 0.3) is 5.91 Å². The summed E-state index contributed by atoms with van der Waals surface area (Å²) in [6.45, 7) is 3.77. The van der Waals surface area contributed by atoms with Crippen molar-refractivity contribution in [3.63, 3.8) is 0 Å². The molecule has 0 atom stereocenters. The van der Waals surface area contributed by atoms with Crippen LogP contribution in [-0.4, -0.2) is 36.5 Å². The lowest BCUT2D eigenvalue weighted by molar-refractivity contribution is -0.143. The molecule has 6 heteroatoms. The van der Waals surface area contributed by atoms with E-state index in [1.54, 1.807) is 19.9 Å². The van der Waals surface area contributed by atoms with Gasteiger partial charge in [-0.2, -0.15) is 0 Å². The van der Waals surface area contributed by atoms with Gasteiger partial charge in [-0.25, -0.2) is 4.39 Å². The summed E-state index contributed by atoms with van der Waals surface area (Å²) in [6, 6.07) is 4.18. The van der Waals surface area contributed by atoms with E-state index in [-0.39, 0.29) is 18.7 Å². The van der Waals surface area contributed by atoms with Crippen molar-refractivity contribution in [2.75, 3.05) is 19.7 Å². The summed E-state index contributed by atoms with van der Waals surface area (Å²) in [6.07, 6.45) is 0. The molecule has 0 saturated carbocycles. The molecule has 1 aromatic rings. The minimum absolute atomic E-state index is 0.0608. The van der Waals surface area contributed by atoms with E-state index in [0.717, 1.165) is 0 Å². The monoisotopic (exact) mass is 331 g/mol. The zero-order valence-corrected chi connectivity index (χ0v) is 12.4. The third kappa shape index (κ3) is 4.31. The zero-order valence-electron chi connectivity index (χ0n) is 10.8. The third-order valence-corrected chi connectivity index (χ3v) is 2.95. The number of esters is 1. The Hall–Kier alpha value is -1.43. The number of ether oxygens (including phenoxy) is 1. The van der Waals surface area contributed by atoms with E-state index in [2.05, 4.69) is 15.9 Å². The number of carbonyl (C=O) groups is 2. The predicted molar refractivity (Wildman–Crippen MR) is 72.3 cm³/mol. The lowest BCUT2D eigenvalue weighted by atomic mass is 10.2. The van der Waals surface area contributed by atoms with Crippen LogP contribution < -0.4 is 0 Å². The average Bonchev–Trinajstić information content (AvgIpc) is 2.35. The molecule has 0 aromatic heterocycles. The van der Waals surface area contributed by atoms with Crippen molar-refractivity contribution in [3.8, 4) is 0 Å². The molecule has 0 aliphatic heterocycles. The fourth-order valence-electron chi connectivity index (χ4n) is 1.52. The van der Waals surface area contributed by atoms with Gasteiger partial charge in [-0.05, 0) is 32.0 Å². The van der Waals surface area contributed by atoms with Gasteiger partial charge in [0.1, 0.15) is 12.4 Å². The molecule has 4 nitrogen and oxygen atoms in total. The molecule has 0 spiro atoms. The minimum Gasteiger partial charge on any atom is -0.465 e. The highest BCUT2D eigenvalue weighted by Crippen LogP contribution is 2.16. The second kappa shape index (κ2) is 7.23. The standard InChI is InChI=1S/C13H15BrFNO3/c1-3-16(8-12(17)19-4-2)13(18)10-6-5-9(14)7-11(10)15/h5-7H,3-4,8H2,1-2H3. The summed E-state index contributed by atoms with van der Waals surface area (Å²) in [5.41, 5.74) is -0.0608. The first-order chi connectivity index (χ1) is 8.99. The van der Waals surface area contributed by atoms with Crippen LogP contribution in [0.3, 0.4) is 0 Å². The molecule has 0 saturated heterocycles. The predicted octanol–water partition coefficient (Wildman–Crippen LogP) is 2.61. The van der Waals surface area contributed by atoms with Crippen molar-refractivity contribution in [2.45, 2.75) is 13.8 Å². The van der Waals surface area contributed by atoms with Gasteiger partial charge in [0, 0.05) is 11.0 Å². The van der Waals surface area contributed by atoms with E-state index < -0.39 is 17.7 Å². The van der Waals surface area contributed by atoms with Crippen LogP contribution in [0.25, 0.3) is 0 Å². The lowest BCUT2D eigenvalue weighted by Crippen LogP contribution is -2.36. The van der Waals surface area contributed by atoms with Crippen molar-refractivity contribution in [1.29, 1.82) is 0 Å².